The summed E-state index contributed by atoms with van der Waals surface area (Å²) in [6, 6.07) is 3.73. The number of hydrogen-bond acceptors (Lipinski definition) is 7. The number of aryl methyl sites for hydroxylation is 1. The minimum Gasteiger partial charge on any atom is -0.330 e. The molecule has 1 saturated heterocycles. The summed E-state index contributed by atoms with van der Waals surface area (Å²) < 4.78 is 27.4. The number of nitrogens with zero attached hydrogens (tertiary/aromatic N) is 2. The molecule has 1 radical (unpaired) electrons. The molecule has 0 aliphatic carbocycles. The van der Waals surface area contributed by atoms with Crippen LogP contribution >= 0.6 is 0 Å². The van der Waals surface area contributed by atoms with Crippen LogP contribution in [0.25, 0.3) is 0 Å². The predicted molar refractivity (Wildman–Crippen MR) is 111 cm³/mol. The van der Waals surface area contributed by atoms with E-state index in [2.05, 4.69) is 0 Å². The van der Waals surface area contributed by atoms with Gasteiger partial charge in [-0.1, -0.05) is 17.7 Å². The fourth-order valence-corrected chi connectivity index (χ4v) is 5.10. The standard InChI is InChI=1S/C20H29N4O5S/c1-15-7-9-17(10-8-15)30(28,29)24(16(14-25)5-2-3-11-21)20(27)18-6-4-12-23(18)19(26)13-22/h7-10,16,18H,2-6,11-13,21-22H2,1H3/t16-,18-/m0/s1. The van der Waals surface area contributed by atoms with Gasteiger partial charge in [0.2, 0.25) is 12.2 Å². The molecule has 1 fully saturated rings. The van der Waals surface area contributed by atoms with Crippen molar-refractivity contribution in [2.75, 3.05) is 19.6 Å². The molecule has 10 heteroatoms. The normalized spacial score (nSPS) is 17.6. The number of hydrogen-bond donors (Lipinski definition) is 2. The second-order valence-electron chi connectivity index (χ2n) is 7.32. The van der Waals surface area contributed by atoms with Gasteiger partial charge in [-0.05, 0) is 57.7 Å². The van der Waals surface area contributed by atoms with Gasteiger partial charge in [-0.25, -0.2) is 12.7 Å². The molecule has 9 nitrogen and oxygen atoms in total. The van der Waals surface area contributed by atoms with Gasteiger partial charge in [-0.3, -0.25) is 14.4 Å². The van der Waals surface area contributed by atoms with E-state index in [9.17, 15) is 22.8 Å². The molecule has 1 aliphatic rings. The van der Waals surface area contributed by atoms with Crippen LogP contribution in [0.15, 0.2) is 29.2 Å². The Morgan fingerprint density at radius 1 is 1.23 bits per heavy atom. The van der Waals surface area contributed by atoms with Gasteiger partial charge < -0.3 is 16.4 Å². The predicted octanol–water partition coefficient (Wildman–Crippen LogP) is 0.0693. The first-order valence-corrected chi connectivity index (χ1v) is 11.4. The van der Waals surface area contributed by atoms with Gasteiger partial charge in [0.1, 0.15) is 12.1 Å². The van der Waals surface area contributed by atoms with Crippen LogP contribution in [-0.4, -0.2) is 67.4 Å². The molecule has 0 saturated carbocycles. The van der Waals surface area contributed by atoms with E-state index in [0.29, 0.717) is 43.1 Å². The van der Waals surface area contributed by atoms with Crippen LogP contribution in [0.3, 0.4) is 0 Å². The number of likely N-dealkylation sites (tertiary alicyclic amines) is 1. The van der Waals surface area contributed by atoms with Crippen LogP contribution in [-0.2, 0) is 24.4 Å². The van der Waals surface area contributed by atoms with Crippen molar-refractivity contribution in [3.05, 3.63) is 29.8 Å². The molecule has 2 rings (SSSR count). The van der Waals surface area contributed by atoms with Gasteiger partial charge in [0.25, 0.3) is 15.9 Å². The Kier molecular flexibility index (Phi) is 8.51. The zero-order valence-electron chi connectivity index (χ0n) is 17.1. The summed E-state index contributed by atoms with van der Waals surface area (Å²) in [5.74, 6) is -1.25. The Morgan fingerprint density at radius 3 is 2.47 bits per heavy atom. The van der Waals surface area contributed by atoms with E-state index < -0.39 is 33.9 Å². The van der Waals surface area contributed by atoms with E-state index in [-0.39, 0.29) is 17.9 Å². The van der Waals surface area contributed by atoms with Crippen LogP contribution in [0, 0.1) is 6.92 Å². The van der Waals surface area contributed by atoms with Crippen LogP contribution < -0.4 is 11.5 Å². The fraction of sp³-hybridized carbons (Fsp3) is 0.550. The van der Waals surface area contributed by atoms with Crippen molar-refractivity contribution in [1.29, 1.82) is 0 Å². The number of amides is 2. The summed E-state index contributed by atoms with van der Waals surface area (Å²) in [4.78, 5) is 38.5. The number of sulfonamides is 1. The van der Waals surface area contributed by atoms with E-state index in [1.54, 1.807) is 18.4 Å². The lowest BCUT2D eigenvalue weighted by Crippen LogP contribution is -2.54. The Hall–Kier alpha value is -2.30. The first-order valence-electron chi connectivity index (χ1n) is 10.00. The Labute approximate surface area is 177 Å². The van der Waals surface area contributed by atoms with E-state index in [1.165, 1.54) is 17.0 Å². The third-order valence-corrected chi connectivity index (χ3v) is 7.00. The highest BCUT2D eigenvalue weighted by Crippen LogP contribution is 2.26. The highest BCUT2D eigenvalue weighted by Gasteiger charge is 2.43. The largest absolute Gasteiger partial charge is 0.330 e. The lowest BCUT2D eigenvalue weighted by molar-refractivity contribution is -0.140. The number of benzene rings is 1. The number of unbranched alkanes of at least 4 members (excludes halogenated alkanes) is 1. The molecule has 30 heavy (non-hydrogen) atoms. The lowest BCUT2D eigenvalue weighted by atomic mass is 10.1. The number of carbonyl (C=O) groups excluding carboxylic acids is 3. The molecular weight excluding hydrogens is 408 g/mol. The van der Waals surface area contributed by atoms with Crippen LogP contribution in [0.4, 0.5) is 0 Å². The molecule has 0 spiro atoms. The van der Waals surface area contributed by atoms with Crippen molar-refractivity contribution in [1.82, 2.24) is 9.21 Å². The van der Waals surface area contributed by atoms with Crippen LogP contribution in [0.1, 0.15) is 37.7 Å². The highest BCUT2D eigenvalue weighted by molar-refractivity contribution is 7.89. The number of nitrogens with two attached hydrogens (primary N) is 2. The second-order valence-corrected chi connectivity index (χ2v) is 9.13. The molecule has 1 aromatic rings. The molecule has 165 valence electrons. The van der Waals surface area contributed by atoms with Crippen molar-refractivity contribution in [3.8, 4) is 0 Å². The molecule has 1 aliphatic heterocycles. The van der Waals surface area contributed by atoms with E-state index in [0.717, 1.165) is 5.56 Å². The summed E-state index contributed by atoms with van der Waals surface area (Å²) in [5.41, 5.74) is 11.8. The Balaban J connectivity index is 2.47. The van der Waals surface area contributed by atoms with Gasteiger partial charge in [-0.15, -0.1) is 0 Å². The highest BCUT2D eigenvalue weighted by atomic mass is 32.2. The second kappa shape index (κ2) is 10.6. The summed E-state index contributed by atoms with van der Waals surface area (Å²) in [5, 5.41) is 0. The smallest absolute Gasteiger partial charge is 0.267 e. The van der Waals surface area contributed by atoms with Crippen molar-refractivity contribution in [3.63, 3.8) is 0 Å². The lowest BCUT2D eigenvalue weighted by Gasteiger charge is -2.32. The van der Waals surface area contributed by atoms with Gasteiger partial charge in [0.15, 0.2) is 0 Å². The first-order chi connectivity index (χ1) is 14.3. The molecule has 2 atom stereocenters. The molecule has 0 unspecified atom stereocenters. The quantitative estimate of drug-likeness (QED) is 0.493. The maximum absolute atomic E-state index is 13.4. The average molecular weight is 438 g/mol. The minimum atomic E-state index is -4.34. The third-order valence-electron chi connectivity index (χ3n) is 5.18. The molecule has 0 aromatic heterocycles. The van der Waals surface area contributed by atoms with Crippen molar-refractivity contribution >= 4 is 28.1 Å². The molecular formula is C20H29N4O5S. The maximum atomic E-state index is 13.4. The van der Waals surface area contributed by atoms with E-state index >= 15 is 0 Å². The SMILES string of the molecule is Cc1ccc(S(=O)(=O)N(C(=O)[C@@H]2CCCN2C(=O)CN)[C@H]([C]=O)CCCCN)cc1. The summed E-state index contributed by atoms with van der Waals surface area (Å²) in [7, 11) is -4.34. The monoisotopic (exact) mass is 437 g/mol. The summed E-state index contributed by atoms with van der Waals surface area (Å²) in [6.45, 7) is 2.22. The van der Waals surface area contributed by atoms with Gasteiger partial charge in [0.05, 0.1) is 11.4 Å². The molecule has 0 bridgehead atoms. The Bertz CT molecular complexity index is 856. The van der Waals surface area contributed by atoms with Gasteiger partial charge >= 0.3 is 0 Å². The molecule has 1 heterocycles. The average Bonchev–Trinajstić information content (AvgIpc) is 3.22. The van der Waals surface area contributed by atoms with Crippen molar-refractivity contribution in [2.45, 2.75) is 56.0 Å². The van der Waals surface area contributed by atoms with E-state index in [1.807, 2.05) is 6.92 Å². The van der Waals surface area contributed by atoms with Crippen LogP contribution in [0.5, 0.6) is 0 Å². The summed E-state index contributed by atoms with van der Waals surface area (Å²) in [6.07, 6.45) is 3.71. The number of carbonyl (C=O) groups is 2. The van der Waals surface area contributed by atoms with Crippen molar-refractivity contribution < 1.29 is 22.8 Å². The number of rotatable bonds is 10. The van der Waals surface area contributed by atoms with Gasteiger partial charge in [0, 0.05) is 6.54 Å². The van der Waals surface area contributed by atoms with Gasteiger partial charge in [-0.2, -0.15) is 0 Å². The first kappa shape index (κ1) is 24.0. The molecule has 2 amide bonds. The fourth-order valence-electron chi connectivity index (χ4n) is 3.56. The molecule has 4 N–H and O–H groups in total. The minimum absolute atomic E-state index is 0.102. The maximum Gasteiger partial charge on any atom is 0.267 e. The topological polar surface area (TPSA) is 144 Å². The third kappa shape index (κ3) is 5.24. The molecule has 1 aromatic carbocycles. The van der Waals surface area contributed by atoms with Crippen molar-refractivity contribution in [2.24, 2.45) is 11.5 Å². The zero-order chi connectivity index (χ0) is 22.3. The Morgan fingerprint density at radius 2 is 1.90 bits per heavy atom. The van der Waals surface area contributed by atoms with Crippen LogP contribution in [0.2, 0.25) is 0 Å². The zero-order valence-corrected chi connectivity index (χ0v) is 17.9. The van der Waals surface area contributed by atoms with E-state index in [4.69, 9.17) is 11.5 Å². The summed E-state index contributed by atoms with van der Waals surface area (Å²) >= 11 is 0.